The minimum Gasteiger partial charge on any atom is -0.387 e. The first-order chi connectivity index (χ1) is 10.1. The number of hydrogen-bond donors (Lipinski definition) is 2. The maximum Gasteiger partial charge on any atom is 0.223 e. The van der Waals surface area contributed by atoms with Crippen LogP contribution in [-0.4, -0.2) is 17.6 Å². The molecule has 5 unspecified atom stereocenters. The summed E-state index contributed by atoms with van der Waals surface area (Å²) >= 11 is 0. The lowest BCUT2D eigenvalue weighted by Gasteiger charge is -2.27. The van der Waals surface area contributed by atoms with Gasteiger partial charge in [-0.1, -0.05) is 43.7 Å². The number of benzene rings is 1. The third-order valence-electron chi connectivity index (χ3n) is 5.50. The molecular formula is C18H25NO2. The molecule has 21 heavy (non-hydrogen) atoms. The minimum atomic E-state index is -0.623. The van der Waals surface area contributed by atoms with Gasteiger partial charge in [-0.3, -0.25) is 4.79 Å². The Labute approximate surface area is 126 Å². The molecule has 5 atom stereocenters. The van der Waals surface area contributed by atoms with Crippen molar-refractivity contribution in [3.8, 4) is 0 Å². The van der Waals surface area contributed by atoms with E-state index in [9.17, 15) is 9.90 Å². The molecule has 0 saturated heterocycles. The first-order valence-corrected chi connectivity index (χ1v) is 8.16. The van der Waals surface area contributed by atoms with Crippen LogP contribution in [0.4, 0.5) is 0 Å². The van der Waals surface area contributed by atoms with E-state index in [1.165, 1.54) is 25.7 Å². The summed E-state index contributed by atoms with van der Waals surface area (Å²) in [6.45, 7) is 2.35. The van der Waals surface area contributed by atoms with Crippen molar-refractivity contribution < 1.29 is 9.90 Å². The summed E-state index contributed by atoms with van der Waals surface area (Å²) in [6.07, 6.45) is 4.60. The predicted molar refractivity (Wildman–Crippen MR) is 82.5 cm³/mol. The molecule has 1 amide bonds. The van der Waals surface area contributed by atoms with E-state index in [1.807, 2.05) is 30.3 Å². The average molecular weight is 287 g/mol. The number of rotatable bonds is 5. The van der Waals surface area contributed by atoms with Crippen LogP contribution in [-0.2, 0) is 4.79 Å². The third-order valence-corrected chi connectivity index (χ3v) is 5.50. The number of aliphatic hydroxyl groups is 1. The zero-order valence-electron chi connectivity index (χ0n) is 12.7. The Bertz CT molecular complexity index is 487. The Balaban J connectivity index is 1.50. The average Bonchev–Trinajstić information content (AvgIpc) is 3.15. The molecule has 1 aromatic rings. The fraction of sp³-hybridized carbons (Fsp3) is 0.611. The lowest BCUT2D eigenvalue weighted by Crippen LogP contribution is -2.37. The van der Waals surface area contributed by atoms with Crippen molar-refractivity contribution >= 4 is 5.91 Å². The van der Waals surface area contributed by atoms with Crippen molar-refractivity contribution in [2.24, 2.45) is 23.7 Å². The van der Waals surface area contributed by atoms with Crippen molar-refractivity contribution in [1.82, 2.24) is 5.32 Å². The van der Waals surface area contributed by atoms with Gasteiger partial charge >= 0.3 is 0 Å². The Morgan fingerprint density at radius 2 is 2.05 bits per heavy atom. The Kier molecular flexibility index (Phi) is 4.29. The monoisotopic (exact) mass is 287 g/mol. The van der Waals surface area contributed by atoms with Gasteiger partial charge in [-0.15, -0.1) is 0 Å². The second-order valence-electron chi connectivity index (χ2n) is 6.80. The lowest BCUT2D eigenvalue weighted by molar-refractivity contribution is -0.127. The van der Waals surface area contributed by atoms with Crippen LogP contribution >= 0.6 is 0 Å². The van der Waals surface area contributed by atoms with E-state index >= 15 is 0 Å². The number of fused-ring (bicyclic) bond motifs is 2. The van der Waals surface area contributed by atoms with Crippen LogP contribution in [0.1, 0.15) is 44.3 Å². The van der Waals surface area contributed by atoms with E-state index in [1.54, 1.807) is 0 Å². The van der Waals surface area contributed by atoms with Gasteiger partial charge in [-0.25, -0.2) is 0 Å². The summed E-state index contributed by atoms with van der Waals surface area (Å²) < 4.78 is 0. The van der Waals surface area contributed by atoms with E-state index < -0.39 is 6.10 Å². The predicted octanol–water partition coefficient (Wildman–Crippen LogP) is 2.91. The van der Waals surface area contributed by atoms with Gasteiger partial charge < -0.3 is 10.4 Å². The molecule has 1 aromatic carbocycles. The highest BCUT2D eigenvalue weighted by Crippen LogP contribution is 2.51. The van der Waals surface area contributed by atoms with Crippen LogP contribution in [0.5, 0.6) is 0 Å². The molecule has 0 aliphatic heterocycles. The lowest BCUT2D eigenvalue weighted by atomic mass is 9.80. The van der Waals surface area contributed by atoms with Gasteiger partial charge in [0.05, 0.1) is 6.10 Å². The number of amides is 1. The SMILES string of the molecule is CC(C(=O)NCC(O)c1ccccc1)C1CC2CCC1C2. The molecule has 0 spiro atoms. The minimum absolute atomic E-state index is 0.0725. The van der Waals surface area contributed by atoms with Gasteiger partial charge in [0.15, 0.2) is 0 Å². The van der Waals surface area contributed by atoms with Gasteiger partial charge in [0.25, 0.3) is 0 Å². The zero-order valence-corrected chi connectivity index (χ0v) is 12.7. The molecule has 2 aliphatic carbocycles. The first kappa shape index (κ1) is 14.6. The molecule has 114 valence electrons. The van der Waals surface area contributed by atoms with Gasteiger partial charge in [-0.05, 0) is 42.6 Å². The highest BCUT2D eigenvalue weighted by Gasteiger charge is 2.43. The van der Waals surface area contributed by atoms with Crippen molar-refractivity contribution in [2.45, 2.75) is 38.7 Å². The number of nitrogens with one attached hydrogen (secondary N) is 1. The Hall–Kier alpha value is -1.35. The molecule has 0 radical (unpaired) electrons. The van der Waals surface area contributed by atoms with Crippen LogP contribution in [0, 0.1) is 23.7 Å². The summed E-state index contributed by atoms with van der Waals surface area (Å²) in [6, 6.07) is 9.49. The van der Waals surface area contributed by atoms with Crippen LogP contribution < -0.4 is 5.32 Å². The molecular weight excluding hydrogens is 262 g/mol. The number of carbonyl (C=O) groups is 1. The first-order valence-electron chi connectivity index (χ1n) is 8.16. The summed E-state index contributed by atoms with van der Waals surface area (Å²) in [5.41, 5.74) is 0.852. The molecule has 3 rings (SSSR count). The van der Waals surface area contributed by atoms with Crippen LogP contribution in [0.15, 0.2) is 30.3 Å². The molecule has 2 fully saturated rings. The smallest absolute Gasteiger partial charge is 0.223 e. The van der Waals surface area contributed by atoms with Crippen molar-refractivity contribution in [1.29, 1.82) is 0 Å². The number of hydrogen-bond acceptors (Lipinski definition) is 2. The number of carbonyl (C=O) groups excluding carboxylic acids is 1. The summed E-state index contributed by atoms with van der Waals surface area (Å²) in [5, 5.41) is 13.0. The molecule has 2 aliphatic rings. The standard InChI is InChI=1S/C18H25NO2/c1-12(16-10-13-7-8-15(16)9-13)18(21)19-11-17(20)14-5-3-2-4-6-14/h2-6,12-13,15-17,20H,7-11H2,1H3,(H,19,21). The van der Waals surface area contributed by atoms with Crippen LogP contribution in [0.25, 0.3) is 0 Å². The molecule has 2 saturated carbocycles. The molecule has 0 heterocycles. The van der Waals surface area contributed by atoms with E-state index in [4.69, 9.17) is 0 Å². The van der Waals surface area contributed by atoms with E-state index in [0.717, 1.165) is 17.4 Å². The second-order valence-corrected chi connectivity index (χ2v) is 6.80. The largest absolute Gasteiger partial charge is 0.387 e. The molecule has 2 N–H and O–H groups in total. The fourth-order valence-electron chi connectivity index (χ4n) is 4.25. The van der Waals surface area contributed by atoms with Crippen molar-refractivity contribution in [3.05, 3.63) is 35.9 Å². The van der Waals surface area contributed by atoms with Gasteiger partial charge in [-0.2, -0.15) is 0 Å². The molecule has 3 heteroatoms. The van der Waals surface area contributed by atoms with Gasteiger partial charge in [0.1, 0.15) is 0 Å². The molecule has 3 nitrogen and oxygen atoms in total. The summed E-state index contributed by atoms with van der Waals surface area (Å²) in [5.74, 6) is 2.35. The zero-order chi connectivity index (χ0) is 14.8. The van der Waals surface area contributed by atoms with Gasteiger partial charge in [0, 0.05) is 12.5 Å². The third kappa shape index (κ3) is 3.13. The number of aliphatic hydroxyl groups excluding tert-OH is 1. The summed E-state index contributed by atoms with van der Waals surface area (Å²) in [4.78, 5) is 12.3. The fourth-order valence-corrected chi connectivity index (χ4v) is 4.25. The molecule has 0 aromatic heterocycles. The van der Waals surface area contributed by atoms with Crippen molar-refractivity contribution in [2.75, 3.05) is 6.54 Å². The van der Waals surface area contributed by atoms with Crippen molar-refractivity contribution in [3.63, 3.8) is 0 Å². The van der Waals surface area contributed by atoms with E-state index in [2.05, 4.69) is 12.2 Å². The van der Waals surface area contributed by atoms with E-state index in [-0.39, 0.29) is 11.8 Å². The van der Waals surface area contributed by atoms with Crippen LogP contribution in [0.3, 0.4) is 0 Å². The topological polar surface area (TPSA) is 49.3 Å². The van der Waals surface area contributed by atoms with Gasteiger partial charge in [0.2, 0.25) is 5.91 Å². The molecule has 2 bridgehead atoms. The van der Waals surface area contributed by atoms with Crippen LogP contribution in [0.2, 0.25) is 0 Å². The quantitative estimate of drug-likeness (QED) is 0.875. The Morgan fingerprint density at radius 3 is 2.67 bits per heavy atom. The second kappa shape index (κ2) is 6.18. The highest BCUT2D eigenvalue weighted by molar-refractivity contribution is 5.78. The Morgan fingerprint density at radius 1 is 1.29 bits per heavy atom. The maximum absolute atomic E-state index is 12.3. The summed E-state index contributed by atoms with van der Waals surface area (Å²) in [7, 11) is 0. The maximum atomic E-state index is 12.3. The highest BCUT2D eigenvalue weighted by atomic mass is 16.3. The van der Waals surface area contributed by atoms with E-state index in [0.29, 0.717) is 12.5 Å². The normalized spacial score (nSPS) is 30.1.